The van der Waals surface area contributed by atoms with E-state index in [-0.39, 0.29) is 0 Å². The molecule has 1 unspecified atom stereocenters. The van der Waals surface area contributed by atoms with E-state index < -0.39 is 0 Å². The van der Waals surface area contributed by atoms with Crippen LogP contribution in [0.5, 0.6) is 0 Å². The van der Waals surface area contributed by atoms with E-state index in [9.17, 15) is 0 Å². The van der Waals surface area contributed by atoms with E-state index in [1.54, 1.807) is 6.20 Å². The average Bonchev–Trinajstić information content (AvgIpc) is 3.16. The summed E-state index contributed by atoms with van der Waals surface area (Å²) in [5.41, 5.74) is 1.80. The summed E-state index contributed by atoms with van der Waals surface area (Å²) < 4.78 is 2.22. The molecule has 19 heavy (non-hydrogen) atoms. The lowest BCUT2D eigenvalue weighted by Gasteiger charge is -2.13. The molecule has 0 radical (unpaired) electrons. The maximum absolute atomic E-state index is 5.99. The van der Waals surface area contributed by atoms with Crippen LogP contribution in [-0.2, 0) is 13.0 Å². The van der Waals surface area contributed by atoms with E-state index in [1.807, 2.05) is 6.07 Å². The van der Waals surface area contributed by atoms with Crippen molar-refractivity contribution in [2.45, 2.75) is 32.7 Å². The molecule has 1 aliphatic carbocycles. The molecule has 0 N–H and O–H groups in total. The zero-order valence-corrected chi connectivity index (χ0v) is 12.5. The molecular weight excluding hydrogens is 281 g/mol. The third-order valence-corrected chi connectivity index (χ3v) is 4.24. The van der Waals surface area contributed by atoms with Crippen molar-refractivity contribution < 1.29 is 0 Å². The van der Waals surface area contributed by atoms with Crippen molar-refractivity contribution in [3.63, 3.8) is 0 Å². The third kappa shape index (κ3) is 2.72. The molecule has 1 aliphatic rings. The van der Waals surface area contributed by atoms with Gasteiger partial charge in [-0.1, -0.05) is 18.5 Å². The van der Waals surface area contributed by atoms with Crippen LogP contribution in [0, 0.1) is 11.8 Å². The van der Waals surface area contributed by atoms with Crippen LogP contribution in [0.25, 0.3) is 11.2 Å². The van der Waals surface area contributed by atoms with E-state index in [1.165, 1.54) is 12.8 Å². The highest BCUT2D eigenvalue weighted by molar-refractivity contribution is 6.31. The second-order valence-corrected chi connectivity index (χ2v) is 6.20. The first-order chi connectivity index (χ1) is 9.19. The summed E-state index contributed by atoms with van der Waals surface area (Å²) in [6.45, 7) is 3.28. The molecular formula is C14H17Cl2N3. The third-order valence-electron chi connectivity index (χ3n) is 3.85. The molecule has 0 bridgehead atoms. The van der Waals surface area contributed by atoms with Gasteiger partial charge in [-0.25, -0.2) is 9.97 Å². The van der Waals surface area contributed by atoms with Crippen molar-refractivity contribution in [2.24, 2.45) is 11.8 Å². The van der Waals surface area contributed by atoms with Crippen molar-refractivity contribution in [1.29, 1.82) is 0 Å². The van der Waals surface area contributed by atoms with Gasteiger partial charge in [0.05, 0.1) is 5.02 Å². The number of alkyl halides is 1. The second kappa shape index (κ2) is 5.29. The summed E-state index contributed by atoms with van der Waals surface area (Å²) in [6.07, 6.45) is 5.18. The fraction of sp³-hybridized carbons (Fsp3) is 0.571. The number of halogens is 2. The Morgan fingerprint density at radius 3 is 2.95 bits per heavy atom. The number of aryl methyl sites for hydroxylation is 1. The summed E-state index contributed by atoms with van der Waals surface area (Å²) in [4.78, 5) is 9.07. The Morgan fingerprint density at radius 1 is 1.47 bits per heavy atom. The zero-order chi connectivity index (χ0) is 13.4. The Labute approximate surface area is 122 Å². The summed E-state index contributed by atoms with van der Waals surface area (Å²) in [5.74, 6) is 3.14. The highest BCUT2D eigenvalue weighted by atomic mass is 35.5. The Kier molecular flexibility index (Phi) is 3.68. The number of fused-ring (bicyclic) bond motifs is 1. The Bertz CT molecular complexity index is 590. The molecule has 0 aliphatic heterocycles. The van der Waals surface area contributed by atoms with Gasteiger partial charge >= 0.3 is 0 Å². The Hall–Kier alpha value is -0.800. The van der Waals surface area contributed by atoms with Crippen LogP contribution < -0.4 is 0 Å². The van der Waals surface area contributed by atoms with E-state index in [2.05, 4.69) is 21.5 Å². The summed E-state index contributed by atoms with van der Waals surface area (Å²) >= 11 is 11.9. The molecule has 1 saturated carbocycles. The predicted molar refractivity (Wildman–Crippen MR) is 78.9 cm³/mol. The number of hydrogen-bond donors (Lipinski definition) is 0. The van der Waals surface area contributed by atoms with Crippen LogP contribution >= 0.6 is 23.2 Å². The summed E-state index contributed by atoms with van der Waals surface area (Å²) in [5, 5.41) is 0.629. The number of imidazole rings is 1. The molecule has 2 aromatic rings. The lowest BCUT2D eigenvalue weighted by atomic mass is 10.1. The molecule has 0 saturated heterocycles. The molecule has 1 atom stereocenters. The van der Waals surface area contributed by atoms with E-state index in [0.717, 1.165) is 35.9 Å². The molecule has 1 fully saturated rings. The SMILES string of the molecule is CC(Cn1c(CCCl)nc2cc(Cl)cnc21)C1CC1. The molecule has 3 nitrogen and oxygen atoms in total. The number of nitrogens with zero attached hydrogens (tertiary/aromatic N) is 3. The Morgan fingerprint density at radius 2 is 2.26 bits per heavy atom. The van der Waals surface area contributed by atoms with Gasteiger partial charge in [0, 0.05) is 25.0 Å². The zero-order valence-electron chi connectivity index (χ0n) is 10.9. The van der Waals surface area contributed by atoms with Crippen LogP contribution in [0.3, 0.4) is 0 Å². The van der Waals surface area contributed by atoms with Crippen LogP contribution in [0.4, 0.5) is 0 Å². The first-order valence-corrected chi connectivity index (χ1v) is 7.67. The smallest absolute Gasteiger partial charge is 0.160 e. The molecule has 0 aromatic carbocycles. The normalized spacial score (nSPS) is 17.0. The van der Waals surface area contributed by atoms with Gasteiger partial charge in [-0.3, -0.25) is 0 Å². The predicted octanol–water partition coefficient (Wildman–Crippen LogP) is 3.91. The molecule has 2 aromatic heterocycles. The first-order valence-electron chi connectivity index (χ1n) is 6.75. The standard InChI is InChI=1S/C14H17Cl2N3/c1-9(10-2-3-10)8-19-13(4-5-15)18-12-6-11(16)7-17-14(12)19/h6-7,9-10H,2-5,8H2,1H3. The lowest BCUT2D eigenvalue weighted by molar-refractivity contribution is 0.428. The Balaban J connectivity index is 1.99. The van der Waals surface area contributed by atoms with E-state index in [4.69, 9.17) is 23.2 Å². The fourth-order valence-corrected chi connectivity index (χ4v) is 2.92. The maximum Gasteiger partial charge on any atom is 0.160 e. The van der Waals surface area contributed by atoms with Gasteiger partial charge in [0.25, 0.3) is 0 Å². The van der Waals surface area contributed by atoms with Gasteiger partial charge in [-0.2, -0.15) is 0 Å². The highest BCUT2D eigenvalue weighted by Crippen LogP contribution is 2.37. The van der Waals surface area contributed by atoms with E-state index in [0.29, 0.717) is 16.8 Å². The number of pyridine rings is 1. The van der Waals surface area contributed by atoms with Gasteiger partial charge < -0.3 is 4.57 Å². The fourth-order valence-electron chi connectivity index (χ4n) is 2.60. The minimum Gasteiger partial charge on any atom is -0.312 e. The molecule has 2 heterocycles. The van der Waals surface area contributed by atoms with Crippen molar-refractivity contribution in [1.82, 2.24) is 14.5 Å². The van der Waals surface area contributed by atoms with Crippen molar-refractivity contribution in [3.05, 3.63) is 23.1 Å². The molecule has 5 heteroatoms. The summed E-state index contributed by atoms with van der Waals surface area (Å²) in [7, 11) is 0. The van der Waals surface area contributed by atoms with Crippen molar-refractivity contribution >= 4 is 34.4 Å². The van der Waals surface area contributed by atoms with Crippen molar-refractivity contribution in [3.8, 4) is 0 Å². The van der Waals surface area contributed by atoms with Crippen LogP contribution in [0.15, 0.2) is 12.3 Å². The van der Waals surface area contributed by atoms with E-state index >= 15 is 0 Å². The number of aromatic nitrogens is 3. The van der Waals surface area contributed by atoms with Gasteiger partial charge in [0.2, 0.25) is 0 Å². The lowest BCUT2D eigenvalue weighted by Crippen LogP contribution is -2.13. The van der Waals surface area contributed by atoms with Gasteiger partial charge in [0.1, 0.15) is 11.3 Å². The van der Waals surface area contributed by atoms with Gasteiger partial charge in [-0.15, -0.1) is 11.6 Å². The van der Waals surface area contributed by atoms with Gasteiger partial charge in [-0.05, 0) is 30.7 Å². The minimum atomic E-state index is 0.578. The summed E-state index contributed by atoms with van der Waals surface area (Å²) in [6, 6.07) is 1.87. The largest absolute Gasteiger partial charge is 0.312 e. The average molecular weight is 298 g/mol. The highest BCUT2D eigenvalue weighted by Gasteiger charge is 2.29. The van der Waals surface area contributed by atoms with Gasteiger partial charge in [0.15, 0.2) is 5.65 Å². The molecule has 0 amide bonds. The van der Waals surface area contributed by atoms with Crippen LogP contribution in [-0.4, -0.2) is 20.4 Å². The van der Waals surface area contributed by atoms with Crippen LogP contribution in [0.2, 0.25) is 5.02 Å². The monoisotopic (exact) mass is 297 g/mol. The van der Waals surface area contributed by atoms with Crippen LogP contribution in [0.1, 0.15) is 25.6 Å². The minimum absolute atomic E-state index is 0.578. The topological polar surface area (TPSA) is 30.7 Å². The second-order valence-electron chi connectivity index (χ2n) is 5.39. The number of rotatable bonds is 5. The quantitative estimate of drug-likeness (QED) is 0.783. The van der Waals surface area contributed by atoms with Crippen molar-refractivity contribution in [2.75, 3.05) is 5.88 Å². The number of hydrogen-bond acceptors (Lipinski definition) is 2. The maximum atomic E-state index is 5.99. The molecule has 3 rings (SSSR count). The molecule has 102 valence electrons. The first kappa shape index (κ1) is 13.2. The molecule has 0 spiro atoms.